The van der Waals surface area contributed by atoms with Gasteiger partial charge in [-0.3, -0.25) is 4.79 Å². The van der Waals surface area contributed by atoms with Gasteiger partial charge in [-0.1, -0.05) is 6.92 Å². The molecule has 5 nitrogen and oxygen atoms in total. The van der Waals surface area contributed by atoms with Crippen molar-refractivity contribution >= 4 is 11.7 Å². The molecular formula is C11H17N3O2. The molecule has 4 N–H and O–H groups in total. The zero-order chi connectivity index (χ0) is 12.1. The molecular weight excluding hydrogens is 206 g/mol. The Bertz CT molecular complexity index is 368. The zero-order valence-electron chi connectivity index (χ0n) is 9.47. The van der Waals surface area contributed by atoms with E-state index in [2.05, 4.69) is 10.3 Å². The monoisotopic (exact) mass is 223 g/mol. The number of pyridine rings is 1. The Balaban J connectivity index is 2.84. The molecule has 2 atom stereocenters. The van der Waals surface area contributed by atoms with Gasteiger partial charge >= 0.3 is 0 Å². The van der Waals surface area contributed by atoms with Crippen molar-refractivity contribution in [3.05, 3.63) is 23.9 Å². The number of carbonyl (C=O) groups excluding carboxylic acids is 1. The van der Waals surface area contributed by atoms with Gasteiger partial charge in [-0.25, -0.2) is 4.98 Å². The molecule has 0 saturated heterocycles. The van der Waals surface area contributed by atoms with Crippen LogP contribution in [0.3, 0.4) is 0 Å². The quantitative estimate of drug-likeness (QED) is 0.682. The van der Waals surface area contributed by atoms with Crippen molar-refractivity contribution in [2.24, 2.45) is 11.7 Å². The average molecular weight is 223 g/mol. The first-order valence-electron chi connectivity index (χ1n) is 5.18. The molecule has 5 heteroatoms. The molecule has 0 aliphatic heterocycles. The second-order valence-electron chi connectivity index (χ2n) is 3.86. The average Bonchev–Trinajstić information content (AvgIpc) is 2.28. The number of amides is 1. The van der Waals surface area contributed by atoms with E-state index in [1.807, 2.05) is 13.8 Å². The molecule has 16 heavy (non-hydrogen) atoms. The molecule has 0 fully saturated rings. The van der Waals surface area contributed by atoms with Crippen molar-refractivity contribution in [3.63, 3.8) is 0 Å². The number of aliphatic hydroxyl groups is 1. The summed E-state index contributed by atoms with van der Waals surface area (Å²) >= 11 is 0. The zero-order valence-corrected chi connectivity index (χ0v) is 9.47. The van der Waals surface area contributed by atoms with Gasteiger partial charge in [-0.2, -0.15) is 0 Å². The molecule has 0 aliphatic carbocycles. The molecule has 0 saturated carbocycles. The maximum atomic E-state index is 11.1. The summed E-state index contributed by atoms with van der Waals surface area (Å²) in [5.41, 5.74) is 5.59. The maximum absolute atomic E-state index is 11.1. The Morgan fingerprint density at radius 3 is 2.88 bits per heavy atom. The third-order valence-electron chi connectivity index (χ3n) is 2.58. The minimum atomic E-state index is -0.514. The summed E-state index contributed by atoms with van der Waals surface area (Å²) < 4.78 is 0. The molecule has 0 aromatic carbocycles. The highest BCUT2D eigenvalue weighted by molar-refractivity contribution is 5.97. The lowest BCUT2D eigenvalue weighted by Gasteiger charge is -2.20. The van der Waals surface area contributed by atoms with E-state index in [0.717, 1.165) is 0 Å². The highest BCUT2D eigenvalue weighted by Crippen LogP contribution is 2.14. The normalized spacial score (nSPS) is 14.2. The Morgan fingerprint density at radius 2 is 2.31 bits per heavy atom. The van der Waals surface area contributed by atoms with Gasteiger partial charge in [0.05, 0.1) is 5.56 Å². The van der Waals surface area contributed by atoms with E-state index in [-0.39, 0.29) is 18.6 Å². The van der Waals surface area contributed by atoms with Crippen LogP contribution < -0.4 is 11.1 Å². The highest BCUT2D eigenvalue weighted by Gasteiger charge is 2.15. The lowest BCUT2D eigenvalue weighted by Crippen LogP contribution is -2.28. The predicted octanol–water partition coefficient (Wildman–Crippen LogP) is 0.609. The van der Waals surface area contributed by atoms with Gasteiger partial charge in [0.1, 0.15) is 5.82 Å². The van der Waals surface area contributed by atoms with Crippen molar-refractivity contribution in [2.45, 2.75) is 19.9 Å². The van der Waals surface area contributed by atoms with Gasteiger partial charge < -0.3 is 16.2 Å². The highest BCUT2D eigenvalue weighted by atomic mass is 16.3. The van der Waals surface area contributed by atoms with Crippen LogP contribution in [0.1, 0.15) is 24.2 Å². The Labute approximate surface area is 94.7 Å². The van der Waals surface area contributed by atoms with Crippen LogP contribution in [0.4, 0.5) is 5.82 Å². The lowest BCUT2D eigenvalue weighted by molar-refractivity contribution is 0.100. The number of rotatable bonds is 5. The molecule has 1 amide bonds. The van der Waals surface area contributed by atoms with E-state index in [1.54, 1.807) is 18.3 Å². The van der Waals surface area contributed by atoms with E-state index in [4.69, 9.17) is 10.8 Å². The van der Waals surface area contributed by atoms with Crippen LogP contribution in [0.25, 0.3) is 0 Å². The number of primary amides is 1. The van der Waals surface area contributed by atoms with Crippen molar-refractivity contribution in [1.82, 2.24) is 4.98 Å². The molecule has 1 aromatic rings. The number of aliphatic hydroxyl groups excluding tert-OH is 1. The molecule has 0 bridgehead atoms. The molecule has 0 aliphatic rings. The lowest BCUT2D eigenvalue weighted by atomic mass is 10.0. The van der Waals surface area contributed by atoms with Crippen LogP contribution in [0, 0.1) is 5.92 Å². The fraction of sp³-hybridized carbons (Fsp3) is 0.455. The second-order valence-corrected chi connectivity index (χ2v) is 3.86. The standard InChI is InChI=1S/C11H17N3O2/c1-7(6-15)8(2)14-11-9(10(12)16)4-3-5-13-11/h3-5,7-8,15H,6H2,1-2H3,(H2,12,16)(H,13,14). The second kappa shape index (κ2) is 5.46. The minimum absolute atomic E-state index is 0.0120. The molecule has 88 valence electrons. The molecule has 1 aromatic heterocycles. The third kappa shape index (κ3) is 2.93. The number of hydrogen-bond donors (Lipinski definition) is 3. The van der Waals surface area contributed by atoms with E-state index in [0.29, 0.717) is 11.4 Å². The summed E-state index contributed by atoms with van der Waals surface area (Å²) in [4.78, 5) is 15.2. The van der Waals surface area contributed by atoms with E-state index < -0.39 is 5.91 Å². The molecule has 0 spiro atoms. The van der Waals surface area contributed by atoms with Crippen molar-refractivity contribution in [3.8, 4) is 0 Å². The number of nitrogens with two attached hydrogens (primary N) is 1. The van der Waals surface area contributed by atoms with E-state index >= 15 is 0 Å². The summed E-state index contributed by atoms with van der Waals surface area (Å²) in [5, 5.41) is 12.1. The summed E-state index contributed by atoms with van der Waals surface area (Å²) in [6.07, 6.45) is 1.59. The fourth-order valence-electron chi connectivity index (χ4n) is 1.24. The Hall–Kier alpha value is -1.62. The van der Waals surface area contributed by atoms with Gasteiger partial charge in [0.2, 0.25) is 0 Å². The SMILES string of the molecule is CC(CO)C(C)Nc1ncccc1C(N)=O. The number of anilines is 1. The van der Waals surface area contributed by atoms with Gasteiger partial charge in [0, 0.05) is 18.8 Å². The predicted molar refractivity (Wildman–Crippen MR) is 62.1 cm³/mol. The van der Waals surface area contributed by atoms with Gasteiger partial charge in [0.15, 0.2) is 0 Å². The van der Waals surface area contributed by atoms with Crippen LogP contribution in [0.5, 0.6) is 0 Å². The van der Waals surface area contributed by atoms with Gasteiger partial charge in [0.25, 0.3) is 5.91 Å². The third-order valence-corrected chi connectivity index (χ3v) is 2.58. The van der Waals surface area contributed by atoms with Gasteiger partial charge in [-0.05, 0) is 25.0 Å². The minimum Gasteiger partial charge on any atom is -0.396 e. The van der Waals surface area contributed by atoms with Crippen LogP contribution in [0.15, 0.2) is 18.3 Å². The van der Waals surface area contributed by atoms with E-state index in [1.165, 1.54) is 0 Å². The summed E-state index contributed by atoms with van der Waals surface area (Å²) in [6, 6.07) is 3.29. The van der Waals surface area contributed by atoms with E-state index in [9.17, 15) is 4.79 Å². The van der Waals surface area contributed by atoms with Crippen LogP contribution >= 0.6 is 0 Å². The molecule has 1 heterocycles. The first-order chi connectivity index (χ1) is 7.56. The molecule has 0 radical (unpaired) electrons. The van der Waals surface area contributed by atoms with Crippen LogP contribution in [-0.2, 0) is 0 Å². The number of carbonyl (C=O) groups is 1. The van der Waals surface area contributed by atoms with Crippen molar-refractivity contribution < 1.29 is 9.90 Å². The number of nitrogens with one attached hydrogen (secondary N) is 1. The largest absolute Gasteiger partial charge is 0.396 e. The number of nitrogens with zero attached hydrogens (tertiary/aromatic N) is 1. The first-order valence-corrected chi connectivity index (χ1v) is 5.18. The van der Waals surface area contributed by atoms with Crippen LogP contribution in [0.2, 0.25) is 0 Å². The van der Waals surface area contributed by atoms with Crippen molar-refractivity contribution in [2.75, 3.05) is 11.9 Å². The fourth-order valence-corrected chi connectivity index (χ4v) is 1.24. The maximum Gasteiger partial charge on any atom is 0.252 e. The molecule has 2 unspecified atom stereocenters. The smallest absolute Gasteiger partial charge is 0.252 e. The van der Waals surface area contributed by atoms with Crippen LogP contribution in [-0.4, -0.2) is 28.6 Å². The number of hydrogen-bond acceptors (Lipinski definition) is 4. The summed E-state index contributed by atoms with van der Waals surface area (Å²) in [5.74, 6) is 0.0185. The van der Waals surface area contributed by atoms with Gasteiger partial charge in [-0.15, -0.1) is 0 Å². The summed E-state index contributed by atoms with van der Waals surface area (Å²) in [6.45, 7) is 3.90. The first kappa shape index (κ1) is 12.4. The topological polar surface area (TPSA) is 88.2 Å². The Morgan fingerprint density at radius 1 is 1.62 bits per heavy atom. The summed E-state index contributed by atoms with van der Waals surface area (Å²) in [7, 11) is 0. The van der Waals surface area contributed by atoms with Crippen molar-refractivity contribution in [1.29, 1.82) is 0 Å². The molecule has 1 rings (SSSR count). The Kier molecular flexibility index (Phi) is 4.25. The number of aromatic nitrogens is 1.